The van der Waals surface area contributed by atoms with Gasteiger partial charge >= 0.3 is 0 Å². The zero-order valence-electron chi connectivity index (χ0n) is 11.3. The molecule has 0 spiro atoms. The maximum atomic E-state index is 4.36. The van der Waals surface area contributed by atoms with Crippen molar-refractivity contribution in [3.8, 4) is 11.3 Å². The molecule has 3 rings (SSSR count). The molecule has 0 aliphatic carbocycles. The van der Waals surface area contributed by atoms with E-state index in [-0.39, 0.29) is 5.54 Å². The number of anilines is 1. The van der Waals surface area contributed by atoms with Crippen molar-refractivity contribution in [1.29, 1.82) is 0 Å². The molecule has 0 saturated carbocycles. The Morgan fingerprint density at radius 3 is 2.74 bits per heavy atom. The third kappa shape index (κ3) is 2.61. The van der Waals surface area contributed by atoms with Gasteiger partial charge in [0, 0.05) is 43.1 Å². The Morgan fingerprint density at radius 1 is 1.21 bits per heavy atom. The van der Waals surface area contributed by atoms with Gasteiger partial charge in [0.05, 0.1) is 5.69 Å². The Kier molecular flexibility index (Phi) is 2.98. The fourth-order valence-electron chi connectivity index (χ4n) is 2.47. The van der Waals surface area contributed by atoms with Crippen molar-refractivity contribution in [3.05, 3.63) is 30.6 Å². The molecule has 3 heterocycles. The molecule has 0 aromatic carbocycles. The molecule has 0 atom stereocenters. The fourth-order valence-corrected chi connectivity index (χ4v) is 2.47. The summed E-state index contributed by atoms with van der Waals surface area (Å²) in [7, 11) is 0. The van der Waals surface area contributed by atoms with Crippen LogP contribution in [0.5, 0.6) is 0 Å². The Bertz CT molecular complexity index is 529. The lowest BCUT2D eigenvalue weighted by Gasteiger charge is -2.39. The highest BCUT2D eigenvalue weighted by Crippen LogP contribution is 2.20. The molecule has 2 N–H and O–H groups in total. The Morgan fingerprint density at radius 2 is 2.11 bits per heavy atom. The van der Waals surface area contributed by atoms with Gasteiger partial charge in [-0.3, -0.25) is 0 Å². The molecule has 2 aromatic heterocycles. The van der Waals surface area contributed by atoms with E-state index in [1.807, 2.05) is 24.5 Å². The first-order valence-electron chi connectivity index (χ1n) is 6.61. The predicted molar refractivity (Wildman–Crippen MR) is 76.1 cm³/mol. The highest BCUT2D eigenvalue weighted by Gasteiger charge is 2.26. The lowest BCUT2D eigenvalue weighted by atomic mass is 10.0. The molecule has 1 fully saturated rings. The van der Waals surface area contributed by atoms with E-state index in [1.165, 1.54) is 0 Å². The third-order valence-corrected chi connectivity index (χ3v) is 3.44. The number of piperazine rings is 1. The lowest BCUT2D eigenvalue weighted by molar-refractivity contribution is 0.351. The standard InChI is InChI=1S/C14H19N5/c1-14(2)10-19(8-7-16-14)13-4-3-12(17-18-13)11-5-6-15-9-11/h3-6,9,15-16H,7-8,10H2,1-2H3. The number of aromatic amines is 1. The smallest absolute Gasteiger partial charge is 0.151 e. The monoisotopic (exact) mass is 257 g/mol. The molecular formula is C14H19N5. The Balaban J connectivity index is 1.79. The molecule has 0 amide bonds. The number of nitrogens with zero attached hydrogens (tertiary/aromatic N) is 3. The van der Waals surface area contributed by atoms with E-state index in [9.17, 15) is 0 Å². The van der Waals surface area contributed by atoms with E-state index in [4.69, 9.17) is 0 Å². The minimum Gasteiger partial charge on any atom is -0.367 e. The number of rotatable bonds is 2. The van der Waals surface area contributed by atoms with Crippen molar-refractivity contribution in [3.63, 3.8) is 0 Å². The van der Waals surface area contributed by atoms with Gasteiger partial charge in [0.1, 0.15) is 0 Å². The average Bonchev–Trinajstić information content (AvgIpc) is 2.92. The maximum absolute atomic E-state index is 4.36. The summed E-state index contributed by atoms with van der Waals surface area (Å²) in [5, 5.41) is 12.2. The van der Waals surface area contributed by atoms with Crippen molar-refractivity contribution in [2.24, 2.45) is 0 Å². The van der Waals surface area contributed by atoms with E-state index in [1.54, 1.807) is 0 Å². The van der Waals surface area contributed by atoms with Crippen molar-refractivity contribution >= 4 is 5.82 Å². The molecule has 1 aliphatic rings. The second-order valence-electron chi connectivity index (χ2n) is 5.61. The summed E-state index contributed by atoms with van der Waals surface area (Å²) in [5.74, 6) is 0.953. The lowest BCUT2D eigenvalue weighted by Crippen LogP contribution is -2.57. The summed E-state index contributed by atoms with van der Waals surface area (Å²) in [6, 6.07) is 6.08. The topological polar surface area (TPSA) is 56.8 Å². The second-order valence-corrected chi connectivity index (χ2v) is 5.61. The van der Waals surface area contributed by atoms with Crippen LogP contribution in [0.1, 0.15) is 13.8 Å². The summed E-state index contributed by atoms with van der Waals surface area (Å²) in [6.45, 7) is 7.32. The average molecular weight is 257 g/mol. The molecule has 5 nitrogen and oxygen atoms in total. The predicted octanol–water partition coefficient (Wildman–Crippen LogP) is 1.66. The molecule has 0 radical (unpaired) electrons. The zero-order valence-corrected chi connectivity index (χ0v) is 11.3. The molecule has 1 aliphatic heterocycles. The van der Waals surface area contributed by atoms with E-state index in [0.29, 0.717) is 0 Å². The van der Waals surface area contributed by atoms with Crippen LogP contribution in [-0.2, 0) is 0 Å². The SMILES string of the molecule is CC1(C)CN(c2ccc(-c3cc[nH]c3)nn2)CCN1. The van der Waals surface area contributed by atoms with Gasteiger partial charge in [0.15, 0.2) is 5.82 Å². The van der Waals surface area contributed by atoms with Gasteiger partial charge in [0.2, 0.25) is 0 Å². The van der Waals surface area contributed by atoms with Crippen LogP contribution in [0.3, 0.4) is 0 Å². The highest BCUT2D eigenvalue weighted by molar-refractivity contribution is 5.58. The van der Waals surface area contributed by atoms with Crippen molar-refractivity contribution in [1.82, 2.24) is 20.5 Å². The summed E-state index contributed by atoms with van der Waals surface area (Å²) >= 11 is 0. The normalized spacial score (nSPS) is 18.5. The van der Waals surface area contributed by atoms with Gasteiger partial charge in [0.25, 0.3) is 0 Å². The molecule has 1 saturated heterocycles. The van der Waals surface area contributed by atoms with E-state index < -0.39 is 0 Å². The van der Waals surface area contributed by atoms with Crippen molar-refractivity contribution in [2.75, 3.05) is 24.5 Å². The Hall–Kier alpha value is -1.88. The summed E-state index contributed by atoms with van der Waals surface area (Å²) < 4.78 is 0. The van der Waals surface area contributed by atoms with Crippen LogP contribution in [0.2, 0.25) is 0 Å². The van der Waals surface area contributed by atoms with Crippen LogP contribution in [0.4, 0.5) is 5.82 Å². The van der Waals surface area contributed by atoms with Gasteiger partial charge in [-0.15, -0.1) is 10.2 Å². The summed E-state index contributed by atoms with van der Waals surface area (Å²) in [4.78, 5) is 5.31. The molecule has 5 heteroatoms. The number of nitrogens with one attached hydrogen (secondary N) is 2. The first kappa shape index (κ1) is 12.2. The van der Waals surface area contributed by atoms with Crippen LogP contribution >= 0.6 is 0 Å². The molecule has 0 unspecified atom stereocenters. The molecule has 100 valence electrons. The van der Waals surface area contributed by atoms with Gasteiger partial charge < -0.3 is 15.2 Å². The second kappa shape index (κ2) is 4.66. The van der Waals surface area contributed by atoms with Crippen molar-refractivity contribution in [2.45, 2.75) is 19.4 Å². The van der Waals surface area contributed by atoms with Gasteiger partial charge in [-0.1, -0.05) is 0 Å². The van der Waals surface area contributed by atoms with Crippen LogP contribution < -0.4 is 10.2 Å². The van der Waals surface area contributed by atoms with Crippen LogP contribution in [0, 0.1) is 0 Å². The van der Waals surface area contributed by atoms with Crippen LogP contribution in [-0.4, -0.2) is 40.4 Å². The minimum atomic E-state index is 0.124. The van der Waals surface area contributed by atoms with Crippen LogP contribution in [0.15, 0.2) is 30.6 Å². The molecule has 19 heavy (non-hydrogen) atoms. The van der Waals surface area contributed by atoms with E-state index >= 15 is 0 Å². The minimum absolute atomic E-state index is 0.124. The van der Waals surface area contributed by atoms with Crippen molar-refractivity contribution < 1.29 is 0 Å². The number of H-pyrrole nitrogens is 1. The number of hydrogen-bond donors (Lipinski definition) is 2. The number of aromatic nitrogens is 3. The highest BCUT2D eigenvalue weighted by atomic mass is 15.3. The van der Waals surface area contributed by atoms with Gasteiger partial charge in [-0.05, 0) is 32.0 Å². The summed E-state index contributed by atoms with van der Waals surface area (Å²) in [6.07, 6.45) is 3.82. The fraction of sp³-hybridized carbons (Fsp3) is 0.429. The first-order valence-corrected chi connectivity index (χ1v) is 6.61. The molecule has 0 bridgehead atoms. The quantitative estimate of drug-likeness (QED) is 0.859. The largest absolute Gasteiger partial charge is 0.367 e. The van der Waals surface area contributed by atoms with Gasteiger partial charge in [-0.25, -0.2) is 0 Å². The summed E-state index contributed by atoms with van der Waals surface area (Å²) in [5.41, 5.74) is 2.10. The van der Waals surface area contributed by atoms with E-state index in [0.717, 1.165) is 36.7 Å². The molecular weight excluding hydrogens is 238 g/mol. The maximum Gasteiger partial charge on any atom is 0.151 e. The van der Waals surface area contributed by atoms with Gasteiger partial charge in [-0.2, -0.15) is 0 Å². The zero-order chi connectivity index (χ0) is 13.3. The third-order valence-electron chi connectivity index (χ3n) is 3.44. The first-order chi connectivity index (χ1) is 9.14. The van der Waals surface area contributed by atoms with E-state index in [2.05, 4.69) is 45.3 Å². The van der Waals surface area contributed by atoms with Crippen LogP contribution in [0.25, 0.3) is 11.3 Å². The number of hydrogen-bond acceptors (Lipinski definition) is 4. The molecule has 2 aromatic rings. The Labute approximate surface area is 113 Å².